The zero-order valence-corrected chi connectivity index (χ0v) is 4.62. The van der Waals surface area contributed by atoms with Crippen LogP contribution in [0.3, 0.4) is 0 Å². The second-order valence-electron chi connectivity index (χ2n) is 1.46. The van der Waals surface area contributed by atoms with Crippen LogP contribution in [-0.2, 0) is 0 Å². The first-order chi connectivity index (χ1) is 3.68. The van der Waals surface area contributed by atoms with E-state index in [2.05, 4.69) is 0 Å². The van der Waals surface area contributed by atoms with Crippen molar-refractivity contribution in [2.75, 3.05) is 0 Å². The van der Waals surface area contributed by atoms with Crippen molar-refractivity contribution in [2.45, 2.75) is 19.8 Å². The van der Waals surface area contributed by atoms with Gasteiger partial charge < -0.3 is 5.11 Å². The van der Waals surface area contributed by atoms with Crippen molar-refractivity contribution < 1.29 is 13.9 Å². The van der Waals surface area contributed by atoms with E-state index in [1.165, 1.54) is 0 Å². The van der Waals surface area contributed by atoms with E-state index in [-0.39, 0.29) is 6.42 Å². The summed E-state index contributed by atoms with van der Waals surface area (Å²) in [5, 5.41) is 8.26. The maximum atomic E-state index is 11.2. The minimum absolute atomic E-state index is 0.0718. The predicted molar refractivity (Wildman–Crippen MR) is 26.8 cm³/mol. The quantitative estimate of drug-likeness (QED) is 0.558. The van der Waals surface area contributed by atoms with E-state index >= 15 is 0 Å². The van der Waals surface area contributed by atoms with Crippen molar-refractivity contribution >= 4 is 0 Å². The molecule has 0 aliphatic rings. The summed E-state index contributed by atoms with van der Waals surface area (Å²) < 4.78 is 22.5. The van der Waals surface area contributed by atoms with Crippen LogP contribution in [0.2, 0.25) is 0 Å². The fourth-order valence-electron chi connectivity index (χ4n) is 0.331. The predicted octanol–water partition coefficient (Wildman–Crippen LogP) is 2.45. The Morgan fingerprint density at radius 1 is 1.50 bits per heavy atom. The first-order valence-corrected chi connectivity index (χ1v) is 2.41. The zero-order valence-electron chi connectivity index (χ0n) is 4.62. The summed E-state index contributed by atoms with van der Waals surface area (Å²) in [6, 6.07) is 0. The third-order valence-electron chi connectivity index (χ3n) is 0.705. The standard InChI is InChI=1S/C5H8F2O/c1-2-3-4(8)5(6)7/h8H,2-3H2,1H3. The smallest absolute Gasteiger partial charge is 0.307 e. The van der Waals surface area contributed by atoms with E-state index in [1.54, 1.807) is 6.92 Å². The summed E-state index contributed by atoms with van der Waals surface area (Å²) >= 11 is 0. The highest BCUT2D eigenvalue weighted by Crippen LogP contribution is 2.09. The largest absolute Gasteiger partial charge is 0.507 e. The number of hydrogen-bond donors (Lipinski definition) is 1. The summed E-state index contributed by atoms with van der Waals surface area (Å²) in [5.74, 6) is -0.785. The second-order valence-corrected chi connectivity index (χ2v) is 1.46. The minimum atomic E-state index is -1.97. The Balaban J connectivity index is 3.62. The summed E-state index contributed by atoms with van der Waals surface area (Å²) in [6.45, 7) is 1.72. The van der Waals surface area contributed by atoms with Crippen LogP contribution in [0.4, 0.5) is 8.78 Å². The molecule has 0 rings (SSSR count). The first kappa shape index (κ1) is 7.40. The monoisotopic (exact) mass is 122 g/mol. The van der Waals surface area contributed by atoms with E-state index in [9.17, 15) is 8.78 Å². The number of halogens is 2. The molecule has 0 radical (unpaired) electrons. The van der Waals surface area contributed by atoms with E-state index in [1.807, 2.05) is 0 Å². The highest BCUT2D eigenvalue weighted by atomic mass is 19.3. The first-order valence-electron chi connectivity index (χ1n) is 2.41. The lowest BCUT2D eigenvalue weighted by atomic mass is 10.3. The molecule has 1 nitrogen and oxygen atoms in total. The molecule has 3 heteroatoms. The van der Waals surface area contributed by atoms with E-state index in [0.717, 1.165) is 0 Å². The molecule has 0 heterocycles. The van der Waals surface area contributed by atoms with Gasteiger partial charge in [-0.1, -0.05) is 6.92 Å². The van der Waals surface area contributed by atoms with Crippen molar-refractivity contribution in [1.82, 2.24) is 0 Å². The Hall–Kier alpha value is -0.600. The third kappa shape index (κ3) is 2.55. The average molecular weight is 122 g/mol. The number of allylic oxidation sites excluding steroid dienone is 1. The van der Waals surface area contributed by atoms with Crippen molar-refractivity contribution in [2.24, 2.45) is 0 Å². The fourth-order valence-corrected chi connectivity index (χ4v) is 0.331. The van der Waals surface area contributed by atoms with Gasteiger partial charge in [0, 0.05) is 6.42 Å². The lowest BCUT2D eigenvalue weighted by Crippen LogP contribution is -1.79. The van der Waals surface area contributed by atoms with Crippen molar-refractivity contribution in [3.63, 3.8) is 0 Å². The van der Waals surface area contributed by atoms with Crippen molar-refractivity contribution in [1.29, 1.82) is 0 Å². The van der Waals surface area contributed by atoms with Crippen LogP contribution in [0.1, 0.15) is 19.8 Å². The zero-order chi connectivity index (χ0) is 6.57. The van der Waals surface area contributed by atoms with Gasteiger partial charge in [0.2, 0.25) is 0 Å². The third-order valence-corrected chi connectivity index (χ3v) is 0.705. The van der Waals surface area contributed by atoms with Gasteiger partial charge in [-0.15, -0.1) is 0 Å². The maximum absolute atomic E-state index is 11.2. The normalized spacial score (nSPS) is 8.88. The molecule has 0 saturated carbocycles. The van der Waals surface area contributed by atoms with Gasteiger partial charge in [0.1, 0.15) is 0 Å². The van der Waals surface area contributed by atoms with Crippen molar-refractivity contribution in [3.8, 4) is 0 Å². The molecule has 0 spiro atoms. The van der Waals surface area contributed by atoms with Crippen LogP contribution in [0, 0.1) is 0 Å². The molecule has 0 bridgehead atoms. The highest BCUT2D eigenvalue weighted by molar-refractivity contribution is 4.89. The summed E-state index contributed by atoms with van der Waals surface area (Å²) in [5.41, 5.74) is 0. The van der Waals surface area contributed by atoms with Crippen molar-refractivity contribution in [3.05, 3.63) is 11.8 Å². The molecule has 8 heavy (non-hydrogen) atoms. The SMILES string of the molecule is CCCC(O)=C(F)F. The molecule has 0 aromatic rings. The Bertz CT molecular complexity index is 94.6. The summed E-state index contributed by atoms with van der Waals surface area (Å²) in [7, 11) is 0. The topological polar surface area (TPSA) is 20.2 Å². The Kier molecular flexibility index (Phi) is 3.15. The second kappa shape index (κ2) is 3.41. The van der Waals surface area contributed by atoms with Crippen LogP contribution in [0.25, 0.3) is 0 Å². The molecule has 0 aliphatic heterocycles. The Morgan fingerprint density at radius 2 is 2.00 bits per heavy atom. The van der Waals surface area contributed by atoms with Gasteiger partial charge >= 0.3 is 6.08 Å². The molecule has 0 aromatic heterocycles. The number of hydrogen-bond acceptors (Lipinski definition) is 1. The van der Waals surface area contributed by atoms with Crippen LogP contribution in [0.15, 0.2) is 11.8 Å². The molecule has 0 fully saturated rings. The van der Waals surface area contributed by atoms with Crippen LogP contribution in [-0.4, -0.2) is 5.11 Å². The Labute approximate surface area is 46.6 Å². The molecule has 0 unspecified atom stereocenters. The van der Waals surface area contributed by atoms with E-state index < -0.39 is 11.8 Å². The molecule has 48 valence electrons. The molecule has 0 amide bonds. The number of aliphatic hydroxyl groups is 1. The van der Waals surface area contributed by atoms with Gasteiger partial charge in [0.15, 0.2) is 5.76 Å². The average Bonchev–Trinajstić information content (AvgIpc) is 1.67. The molecule has 0 saturated heterocycles. The number of aliphatic hydroxyl groups excluding tert-OH is 1. The van der Waals surface area contributed by atoms with Gasteiger partial charge in [-0.3, -0.25) is 0 Å². The molecular weight excluding hydrogens is 114 g/mol. The van der Waals surface area contributed by atoms with Crippen LogP contribution < -0.4 is 0 Å². The maximum Gasteiger partial charge on any atom is 0.307 e. The molecular formula is C5H8F2O. The molecule has 1 N–H and O–H groups in total. The number of rotatable bonds is 2. The summed E-state index contributed by atoms with van der Waals surface area (Å²) in [6.07, 6.45) is -1.35. The van der Waals surface area contributed by atoms with Crippen LogP contribution >= 0.6 is 0 Å². The lowest BCUT2D eigenvalue weighted by molar-refractivity contribution is 0.302. The summed E-state index contributed by atoms with van der Waals surface area (Å²) in [4.78, 5) is 0. The highest BCUT2D eigenvalue weighted by Gasteiger charge is 1.99. The van der Waals surface area contributed by atoms with Gasteiger partial charge in [-0.2, -0.15) is 8.78 Å². The minimum Gasteiger partial charge on any atom is -0.507 e. The fraction of sp³-hybridized carbons (Fsp3) is 0.600. The molecule has 0 atom stereocenters. The van der Waals surface area contributed by atoms with Gasteiger partial charge in [0.05, 0.1) is 0 Å². The molecule has 0 aliphatic carbocycles. The van der Waals surface area contributed by atoms with E-state index in [4.69, 9.17) is 5.11 Å². The van der Waals surface area contributed by atoms with E-state index in [0.29, 0.717) is 6.42 Å². The van der Waals surface area contributed by atoms with Gasteiger partial charge in [-0.25, -0.2) is 0 Å². The molecule has 0 aromatic carbocycles. The van der Waals surface area contributed by atoms with Gasteiger partial charge in [-0.05, 0) is 6.42 Å². The Morgan fingerprint density at radius 3 is 2.12 bits per heavy atom. The van der Waals surface area contributed by atoms with Gasteiger partial charge in [0.25, 0.3) is 0 Å². The van der Waals surface area contributed by atoms with Crippen LogP contribution in [0.5, 0.6) is 0 Å². The lowest BCUT2D eigenvalue weighted by Gasteiger charge is -1.90.